The molecule has 0 amide bonds. The first kappa shape index (κ1) is 20.1. The van der Waals surface area contributed by atoms with Gasteiger partial charge in [0.05, 0.1) is 0 Å². The summed E-state index contributed by atoms with van der Waals surface area (Å²) >= 11 is 3.55. The molecule has 1 aromatic heterocycles. The number of para-hydroxylation sites is 1. The normalized spacial score (nSPS) is 13.7. The second kappa shape index (κ2) is 8.42. The molecule has 3 heteroatoms. The molecule has 1 aliphatic carbocycles. The predicted octanol–water partition coefficient (Wildman–Crippen LogP) is 9.25. The van der Waals surface area contributed by atoms with Gasteiger partial charge in [-0.1, -0.05) is 70.5 Å². The monoisotopic (exact) mass is 491 g/mol. The first-order valence-corrected chi connectivity index (χ1v) is 12.0. The Morgan fingerprint density at radius 2 is 1.39 bits per heavy atom. The van der Waals surface area contributed by atoms with Crippen molar-refractivity contribution in [2.75, 3.05) is 4.90 Å². The number of fused-ring (bicyclic) bond motifs is 3. The van der Waals surface area contributed by atoms with Crippen LogP contribution < -0.4 is 4.90 Å². The fraction of sp³-hybridized carbons (Fsp3) is 0.0667. The summed E-state index contributed by atoms with van der Waals surface area (Å²) in [5.74, 6) is 0. The SMILES string of the molecule is Brc1ccc2c(c1)oc1cc(N(C3=CC(c4ccccc4)=CCC3)c3ccccc3)ccc12. The average molecular weight is 492 g/mol. The van der Waals surface area contributed by atoms with E-state index >= 15 is 0 Å². The summed E-state index contributed by atoms with van der Waals surface area (Å²) in [5.41, 5.74) is 7.85. The molecule has 1 heterocycles. The minimum absolute atomic E-state index is 0.897. The second-order valence-electron chi connectivity index (χ2n) is 8.29. The molecule has 33 heavy (non-hydrogen) atoms. The summed E-state index contributed by atoms with van der Waals surface area (Å²) in [6.45, 7) is 0. The number of benzene rings is 4. The number of furan rings is 1. The minimum atomic E-state index is 0.897. The van der Waals surface area contributed by atoms with Gasteiger partial charge in [0, 0.05) is 38.4 Å². The van der Waals surface area contributed by atoms with Crippen molar-refractivity contribution >= 4 is 54.8 Å². The van der Waals surface area contributed by atoms with Crippen molar-refractivity contribution in [2.45, 2.75) is 12.8 Å². The third kappa shape index (κ3) is 3.79. The van der Waals surface area contributed by atoms with Gasteiger partial charge in [0.1, 0.15) is 11.2 Å². The van der Waals surface area contributed by atoms with Crippen molar-refractivity contribution in [3.8, 4) is 0 Å². The van der Waals surface area contributed by atoms with Gasteiger partial charge in [0.25, 0.3) is 0 Å². The Morgan fingerprint density at radius 3 is 2.18 bits per heavy atom. The fourth-order valence-electron chi connectivity index (χ4n) is 4.63. The van der Waals surface area contributed by atoms with E-state index in [-0.39, 0.29) is 0 Å². The van der Waals surface area contributed by atoms with Crippen LogP contribution in [0.25, 0.3) is 27.5 Å². The van der Waals surface area contributed by atoms with Crippen molar-refractivity contribution in [2.24, 2.45) is 0 Å². The van der Waals surface area contributed by atoms with Gasteiger partial charge < -0.3 is 9.32 Å². The molecule has 0 unspecified atom stereocenters. The van der Waals surface area contributed by atoms with E-state index in [1.165, 1.54) is 16.8 Å². The molecule has 0 bridgehead atoms. The molecule has 0 fully saturated rings. The molecule has 2 nitrogen and oxygen atoms in total. The summed E-state index contributed by atoms with van der Waals surface area (Å²) in [7, 11) is 0. The van der Waals surface area contributed by atoms with E-state index in [4.69, 9.17) is 4.42 Å². The Kier molecular flexibility index (Phi) is 5.12. The highest BCUT2D eigenvalue weighted by molar-refractivity contribution is 9.10. The molecule has 0 saturated heterocycles. The molecule has 0 atom stereocenters. The Balaban J connectivity index is 1.49. The van der Waals surface area contributed by atoms with Crippen molar-refractivity contribution in [3.05, 3.63) is 125 Å². The van der Waals surface area contributed by atoms with Gasteiger partial charge in [-0.05, 0) is 72.5 Å². The summed E-state index contributed by atoms with van der Waals surface area (Å²) < 4.78 is 7.27. The number of halogens is 1. The third-order valence-electron chi connectivity index (χ3n) is 6.17. The standard InChI is InChI=1S/C30H22BrNO/c31-23-14-16-27-28-17-15-26(20-30(28)33-29(27)19-23)32(24-11-5-2-6-12-24)25-13-7-10-22(18-25)21-8-3-1-4-9-21/h1-6,8-12,14-20H,7,13H2. The van der Waals surface area contributed by atoms with Gasteiger partial charge >= 0.3 is 0 Å². The van der Waals surface area contributed by atoms with E-state index in [1.54, 1.807) is 0 Å². The van der Waals surface area contributed by atoms with E-state index in [0.717, 1.165) is 50.6 Å². The van der Waals surface area contributed by atoms with Crippen LogP contribution >= 0.6 is 15.9 Å². The van der Waals surface area contributed by atoms with Crippen LogP contribution in [0.2, 0.25) is 0 Å². The summed E-state index contributed by atoms with van der Waals surface area (Å²) in [6, 6.07) is 34.0. The lowest BCUT2D eigenvalue weighted by atomic mass is 9.96. The maximum Gasteiger partial charge on any atom is 0.137 e. The smallest absolute Gasteiger partial charge is 0.137 e. The predicted molar refractivity (Wildman–Crippen MR) is 142 cm³/mol. The van der Waals surface area contributed by atoms with Crippen molar-refractivity contribution < 1.29 is 4.42 Å². The molecule has 0 spiro atoms. The maximum absolute atomic E-state index is 6.25. The van der Waals surface area contributed by atoms with Gasteiger partial charge in [0.2, 0.25) is 0 Å². The van der Waals surface area contributed by atoms with Crippen LogP contribution in [0.4, 0.5) is 11.4 Å². The summed E-state index contributed by atoms with van der Waals surface area (Å²) in [5, 5.41) is 2.27. The molecule has 0 N–H and O–H groups in total. The Labute approximate surface area is 201 Å². The quantitative estimate of drug-likeness (QED) is 0.249. The molecular weight excluding hydrogens is 470 g/mol. The first-order chi connectivity index (χ1) is 16.3. The number of rotatable bonds is 4. The van der Waals surface area contributed by atoms with Crippen LogP contribution in [0.15, 0.2) is 124 Å². The van der Waals surface area contributed by atoms with Crippen LogP contribution in [-0.2, 0) is 0 Å². The molecule has 160 valence electrons. The average Bonchev–Trinajstić information content (AvgIpc) is 3.22. The number of hydrogen-bond donors (Lipinski definition) is 0. The zero-order valence-electron chi connectivity index (χ0n) is 18.0. The lowest BCUT2D eigenvalue weighted by Crippen LogP contribution is -2.17. The van der Waals surface area contributed by atoms with Crippen LogP contribution in [0.1, 0.15) is 18.4 Å². The number of allylic oxidation sites excluding steroid dienone is 4. The Hall–Kier alpha value is -3.56. The molecule has 6 rings (SSSR count). The molecule has 5 aromatic rings. The highest BCUT2D eigenvalue weighted by Gasteiger charge is 2.19. The van der Waals surface area contributed by atoms with Crippen molar-refractivity contribution in [1.82, 2.24) is 0 Å². The molecular formula is C30H22BrNO. The molecule has 1 aliphatic rings. The number of nitrogens with zero attached hydrogens (tertiary/aromatic N) is 1. The Morgan fingerprint density at radius 1 is 0.697 bits per heavy atom. The van der Waals surface area contributed by atoms with Gasteiger partial charge in [-0.2, -0.15) is 0 Å². The van der Waals surface area contributed by atoms with Crippen molar-refractivity contribution in [1.29, 1.82) is 0 Å². The molecule has 0 saturated carbocycles. The summed E-state index contributed by atoms with van der Waals surface area (Å²) in [4.78, 5) is 2.36. The lowest BCUT2D eigenvalue weighted by molar-refractivity contribution is 0.668. The highest BCUT2D eigenvalue weighted by Crippen LogP contribution is 2.39. The maximum atomic E-state index is 6.25. The van der Waals surface area contributed by atoms with E-state index in [0.29, 0.717) is 0 Å². The molecule has 0 aliphatic heterocycles. The van der Waals surface area contributed by atoms with E-state index in [9.17, 15) is 0 Å². The lowest BCUT2D eigenvalue weighted by Gasteiger charge is -2.30. The van der Waals surface area contributed by atoms with Gasteiger partial charge in [0.15, 0.2) is 0 Å². The van der Waals surface area contributed by atoms with E-state index in [1.807, 2.05) is 6.07 Å². The Bertz CT molecular complexity index is 1510. The zero-order chi connectivity index (χ0) is 22.2. The number of anilines is 2. The van der Waals surface area contributed by atoms with E-state index < -0.39 is 0 Å². The first-order valence-electron chi connectivity index (χ1n) is 11.2. The van der Waals surface area contributed by atoms with Gasteiger partial charge in [-0.25, -0.2) is 0 Å². The van der Waals surface area contributed by atoms with Crippen LogP contribution in [0, 0.1) is 0 Å². The highest BCUT2D eigenvalue weighted by atomic mass is 79.9. The summed E-state index contributed by atoms with van der Waals surface area (Å²) in [6.07, 6.45) is 6.66. The van der Waals surface area contributed by atoms with Gasteiger partial charge in [-0.15, -0.1) is 0 Å². The second-order valence-corrected chi connectivity index (χ2v) is 9.21. The van der Waals surface area contributed by atoms with Crippen LogP contribution in [0.5, 0.6) is 0 Å². The molecule has 4 aromatic carbocycles. The van der Waals surface area contributed by atoms with E-state index in [2.05, 4.69) is 124 Å². The van der Waals surface area contributed by atoms with Crippen LogP contribution in [-0.4, -0.2) is 0 Å². The minimum Gasteiger partial charge on any atom is -0.456 e. The van der Waals surface area contributed by atoms with Gasteiger partial charge in [-0.3, -0.25) is 0 Å². The molecule has 0 radical (unpaired) electrons. The zero-order valence-corrected chi connectivity index (χ0v) is 19.6. The van der Waals surface area contributed by atoms with Crippen LogP contribution in [0.3, 0.4) is 0 Å². The van der Waals surface area contributed by atoms with Crippen molar-refractivity contribution in [3.63, 3.8) is 0 Å². The number of hydrogen-bond acceptors (Lipinski definition) is 2. The topological polar surface area (TPSA) is 16.4 Å². The fourth-order valence-corrected chi connectivity index (χ4v) is 4.97. The third-order valence-corrected chi connectivity index (χ3v) is 6.67. The largest absolute Gasteiger partial charge is 0.456 e.